The van der Waals surface area contributed by atoms with Crippen LogP contribution < -0.4 is 14.9 Å². The van der Waals surface area contributed by atoms with Gasteiger partial charge in [0.15, 0.2) is 15.8 Å². The van der Waals surface area contributed by atoms with Gasteiger partial charge in [0, 0.05) is 17.4 Å². The number of nitrogens with zero attached hydrogens (tertiary/aromatic N) is 2. The summed E-state index contributed by atoms with van der Waals surface area (Å²) >= 11 is 6.49. The first-order chi connectivity index (χ1) is 18.1. The first-order valence-corrected chi connectivity index (χ1v) is 14.4. The number of hydrogen-bond acceptors (Lipinski definition) is 7. The maximum atomic E-state index is 12.3. The fourth-order valence-electron chi connectivity index (χ4n) is 3.38. The molecular formula is C28H26BrN3O3S2. The molecule has 0 spiro atoms. The van der Waals surface area contributed by atoms with Crippen LogP contribution in [0.25, 0.3) is 11.3 Å². The van der Waals surface area contributed by atoms with Gasteiger partial charge in [-0.05, 0) is 46.1 Å². The predicted octanol–water partition coefficient (Wildman–Crippen LogP) is 6.84. The van der Waals surface area contributed by atoms with E-state index in [-0.39, 0.29) is 11.7 Å². The summed E-state index contributed by atoms with van der Waals surface area (Å²) in [5.41, 5.74) is 6.53. The maximum Gasteiger partial charge on any atom is 0.250 e. The second-order valence-electron chi connectivity index (χ2n) is 7.79. The van der Waals surface area contributed by atoms with Crippen molar-refractivity contribution in [3.05, 3.63) is 93.8 Å². The third-order valence-electron chi connectivity index (χ3n) is 5.09. The van der Waals surface area contributed by atoms with Crippen LogP contribution in [-0.2, 0) is 11.2 Å². The number of nitrogens with one attached hydrogen (secondary N) is 1. The summed E-state index contributed by atoms with van der Waals surface area (Å²) < 4.78 is 13.4. The number of aromatic nitrogens is 1. The molecule has 0 aliphatic rings. The largest absolute Gasteiger partial charge is 0.490 e. The Morgan fingerprint density at radius 1 is 1.11 bits per heavy atom. The fourth-order valence-corrected chi connectivity index (χ4v) is 5.59. The summed E-state index contributed by atoms with van der Waals surface area (Å²) in [5, 5.41) is 6.10. The molecule has 1 amide bonds. The van der Waals surface area contributed by atoms with Crippen LogP contribution in [0.2, 0.25) is 0 Å². The Bertz CT molecular complexity index is 1330. The van der Waals surface area contributed by atoms with Gasteiger partial charge in [0.25, 0.3) is 5.91 Å². The molecule has 1 N–H and O–H groups in total. The molecule has 1 heterocycles. The van der Waals surface area contributed by atoms with Gasteiger partial charge in [0.2, 0.25) is 0 Å². The van der Waals surface area contributed by atoms with Crippen LogP contribution in [0.4, 0.5) is 0 Å². The lowest BCUT2D eigenvalue weighted by atomic mass is 10.2. The lowest BCUT2D eigenvalue weighted by Crippen LogP contribution is -2.19. The Morgan fingerprint density at radius 3 is 2.62 bits per heavy atom. The van der Waals surface area contributed by atoms with Crippen LogP contribution >= 0.6 is 39.0 Å². The molecular weight excluding hydrogens is 570 g/mol. The van der Waals surface area contributed by atoms with Crippen LogP contribution in [0.5, 0.6) is 11.5 Å². The van der Waals surface area contributed by atoms with Gasteiger partial charge in [-0.3, -0.25) is 4.79 Å². The average Bonchev–Trinajstić information content (AvgIpc) is 3.39. The van der Waals surface area contributed by atoms with Gasteiger partial charge in [-0.1, -0.05) is 72.4 Å². The van der Waals surface area contributed by atoms with Crippen molar-refractivity contribution in [3.63, 3.8) is 0 Å². The number of carbonyl (C=O) groups excluding carboxylic acids is 1. The van der Waals surface area contributed by atoms with E-state index in [4.69, 9.17) is 9.47 Å². The van der Waals surface area contributed by atoms with Gasteiger partial charge in [-0.25, -0.2) is 10.4 Å². The number of amides is 1. The highest BCUT2D eigenvalue weighted by Gasteiger charge is 2.12. The van der Waals surface area contributed by atoms with Crippen LogP contribution in [-0.4, -0.2) is 36.1 Å². The van der Waals surface area contributed by atoms with Gasteiger partial charge in [0.05, 0.1) is 35.3 Å². The van der Waals surface area contributed by atoms with Crippen molar-refractivity contribution in [3.8, 4) is 22.8 Å². The highest BCUT2D eigenvalue weighted by atomic mass is 79.9. The Balaban J connectivity index is 1.30. The Kier molecular flexibility index (Phi) is 10.2. The first kappa shape index (κ1) is 26.9. The SMILES string of the molecule is CCOc1cc(/C=N/NC(=O)CSc2nc(-c3ccccc3)cs2)cc(Br)c1OCCc1ccccc1. The Hall–Kier alpha value is -3.14. The Morgan fingerprint density at radius 2 is 1.86 bits per heavy atom. The molecule has 0 fully saturated rings. The molecule has 1 aromatic heterocycles. The number of ether oxygens (including phenoxy) is 2. The van der Waals surface area contributed by atoms with Crippen molar-refractivity contribution >= 4 is 51.2 Å². The van der Waals surface area contributed by atoms with Crippen LogP contribution in [0.1, 0.15) is 18.1 Å². The quantitative estimate of drug-likeness (QED) is 0.110. The molecule has 0 radical (unpaired) electrons. The highest BCUT2D eigenvalue weighted by Crippen LogP contribution is 2.36. The first-order valence-electron chi connectivity index (χ1n) is 11.7. The zero-order chi connectivity index (χ0) is 25.9. The lowest BCUT2D eigenvalue weighted by Gasteiger charge is -2.14. The number of hydrazone groups is 1. The Labute approximate surface area is 233 Å². The van der Waals surface area contributed by atoms with E-state index in [1.165, 1.54) is 28.7 Å². The molecule has 0 aliphatic heterocycles. The third kappa shape index (κ3) is 8.18. The second-order valence-corrected chi connectivity index (χ2v) is 10.7. The molecule has 3 aromatic carbocycles. The van der Waals surface area contributed by atoms with Crippen LogP contribution in [0, 0.1) is 0 Å². The highest BCUT2D eigenvalue weighted by molar-refractivity contribution is 9.10. The lowest BCUT2D eigenvalue weighted by molar-refractivity contribution is -0.118. The van der Waals surface area contributed by atoms with E-state index < -0.39 is 0 Å². The van der Waals surface area contributed by atoms with Crippen molar-refractivity contribution in [1.29, 1.82) is 0 Å². The zero-order valence-corrected chi connectivity index (χ0v) is 23.4. The van der Waals surface area contributed by atoms with Gasteiger partial charge in [-0.15, -0.1) is 11.3 Å². The van der Waals surface area contributed by atoms with E-state index >= 15 is 0 Å². The molecule has 4 rings (SSSR count). The van der Waals surface area contributed by atoms with E-state index in [1.54, 1.807) is 6.21 Å². The molecule has 0 atom stereocenters. The molecule has 9 heteroatoms. The molecule has 6 nitrogen and oxygen atoms in total. The van der Waals surface area contributed by atoms with Gasteiger partial charge in [0.1, 0.15) is 0 Å². The summed E-state index contributed by atoms with van der Waals surface area (Å²) in [7, 11) is 0. The van der Waals surface area contributed by atoms with E-state index in [2.05, 4.69) is 43.6 Å². The van der Waals surface area contributed by atoms with E-state index in [1.807, 2.05) is 73.0 Å². The number of rotatable bonds is 12. The summed E-state index contributed by atoms with van der Waals surface area (Å²) in [4.78, 5) is 16.9. The van der Waals surface area contributed by atoms with Gasteiger partial charge >= 0.3 is 0 Å². The fraction of sp³-hybridized carbons (Fsp3) is 0.179. The van der Waals surface area contributed by atoms with Crippen molar-refractivity contribution in [2.75, 3.05) is 19.0 Å². The number of thioether (sulfide) groups is 1. The van der Waals surface area contributed by atoms with Crippen LogP contribution in [0.3, 0.4) is 0 Å². The number of hydrogen-bond donors (Lipinski definition) is 1. The molecule has 0 unspecified atom stereocenters. The molecule has 0 aliphatic carbocycles. The number of carbonyl (C=O) groups is 1. The monoisotopic (exact) mass is 595 g/mol. The van der Waals surface area contributed by atoms with Crippen molar-refractivity contribution in [2.45, 2.75) is 17.7 Å². The summed E-state index contributed by atoms with van der Waals surface area (Å²) in [6, 6.07) is 23.9. The van der Waals surface area contributed by atoms with E-state index in [0.717, 1.165) is 32.1 Å². The minimum atomic E-state index is -0.206. The molecule has 0 saturated carbocycles. The molecule has 4 aromatic rings. The zero-order valence-electron chi connectivity index (χ0n) is 20.2. The van der Waals surface area contributed by atoms with Gasteiger partial charge in [-0.2, -0.15) is 5.10 Å². The van der Waals surface area contributed by atoms with Crippen molar-refractivity contribution in [2.24, 2.45) is 5.10 Å². The summed E-state index contributed by atoms with van der Waals surface area (Å²) in [6.45, 7) is 2.94. The predicted molar refractivity (Wildman–Crippen MR) is 155 cm³/mol. The number of thiazole rings is 1. The number of halogens is 1. The standard InChI is InChI=1S/C28H26BrN3O3S2/c1-2-34-25-16-21(15-23(29)27(25)35-14-13-20-9-5-3-6-10-20)17-30-32-26(33)19-37-28-31-24(18-36-28)22-11-7-4-8-12-22/h3-12,15-18H,2,13-14,19H2,1H3,(H,32,33)/b30-17+. The van der Waals surface area contributed by atoms with Gasteiger partial charge < -0.3 is 9.47 Å². The van der Waals surface area contributed by atoms with Crippen LogP contribution in [0.15, 0.2) is 92.1 Å². The van der Waals surface area contributed by atoms with E-state index in [0.29, 0.717) is 24.7 Å². The summed E-state index contributed by atoms with van der Waals surface area (Å²) in [6.07, 6.45) is 2.38. The minimum absolute atomic E-state index is 0.206. The molecule has 37 heavy (non-hydrogen) atoms. The molecule has 0 saturated heterocycles. The molecule has 0 bridgehead atoms. The number of benzene rings is 3. The molecule has 190 valence electrons. The minimum Gasteiger partial charge on any atom is -0.490 e. The smallest absolute Gasteiger partial charge is 0.250 e. The second kappa shape index (κ2) is 14.0. The van der Waals surface area contributed by atoms with Crippen molar-refractivity contribution in [1.82, 2.24) is 10.4 Å². The third-order valence-corrected chi connectivity index (χ3v) is 7.70. The normalized spacial score (nSPS) is 11.0. The topological polar surface area (TPSA) is 72.8 Å². The maximum absolute atomic E-state index is 12.3. The van der Waals surface area contributed by atoms with Crippen molar-refractivity contribution < 1.29 is 14.3 Å². The average molecular weight is 597 g/mol. The van der Waals surface area contributed by atoms with E-state index in [9.17, 15) is 4.79 Å². The summed E-state index contributed by atoms with van der Waals surface area (Å²) in [5.74, 6) is 1.28.